The van der Waals surface area contributed by atoms with Gasteiger partial charge in [0.15, 0.2) is 0 Å². The van der Waals surface area contributed by atoms with Gasteiger partial charge in [-0.15, -0.1) is 0 Å². The van der Waals surface area contributed by atoms with Crippen LogP contribution in [0.25, 0.3) is 0 Å². The maximum Gasteiger partial charge on any atom is 1.00 e. The Morgan fingerprint density at radius 3 is 2.09 bits per heavy atom. The number of hydrogen-bond donors (Lipinski definition) is 0. The molecule has 64 valence electrons. The van der Waals surface area contributed by atoms with Crippen LogP contribution in [0.2, 0.25) is 0 Å². The van der Waals surface area contributed by atoms with Crippen molar-refractivity contribution in [3.63, 3.8) is 0 Å². The molecule has 0 N–H and O–H groups in total. The van der Waals surface area contributed by atoms with Gasteiger partial charge in [0.1, 0.15) is 0 Å². The molecule has 0 unspecified atom stereocenters. The second kappa shape index (κ2) is 5.59. The minimum absolute atomic E-state index is 0. The normalized spacial score (nSPS) is 10.5. The van der Waals surface area contributed by atoms with Gasteiger partial charge in [0.05, 0.1) is 0 Å². The van der Waals surface area contributed by atoms with E-state index in [0.29, 0.717) is 0 Å². The van der Waals surface area contributed by atoms with Gasteiger partial charge in [-0.05, 0) is 0 Å². The van der Waals surface area contributed by atoms with E-state index in [1.54, 1.807) is 10.7 Å². The van der Waals surface area contributed by atoms with Crippen molar-refractivity contribution in [1.82, 2.24) is 0 Å². The molecule has 0 aliphatic carbocycles. The minimum Gasteiger partial charge on any atom is -0.320 e. The van der Waals surface area contributed by atoms with Crippen LogP contribution in [-0.2, 0) is 17.1 Å². The zero-order valence-electron chi connectivity index (χ0n) is 6.90. The molecule has 11 heavy (non-hydrogen) atoms. The predicted molar refractivity (Wildman–Crippen MR) is 49.2 cm³/mol. The fraction of sp³-hybridized carbons (Fsp3) is 0.222. The Morgan fingerprint density at radius 1 is 1.09 bits per heavy atom. The molecule has 1 aromatic carbocycles. The molecule has 0 saturated carbocycles. The van der Waals surface area contributed by atoms with Crippen LogP contribution in [0, 0.1) is 5.54 Å². The van der Waals surface area contributed by atoms with Gasteiger partial charge in [0, 0.05) is 0 Å². The van der Waals surface area contributed by atoms with Crippen molar-refractivity contribution in [1.29, 1.82) is 0 Å². The zero-order valence-corrected chi connectivity index (χ0v) is 9.25. The van der Waals surface area contributed by atoms with Crippen LogP contribution in [0.5, 0.6) is 0 Å². The van der Waals surface area contributed by atoms with Crippen molar-refractivity contribution in [2.24, 2.45) is 0 Å². The summed E-state index contributed by atoms with van der Waals surface area (Å²) in [6.45, 7) is 4.44. The Morgan fingerprint density at radius 2 is 1.64 bits per heavy atom. The van der Waals surface area contributed by atoms with E-state index in [2.05, 4.69) is 44.2 Å². The Balaban J connectivity index is 0.000001000. The van der Waals surface area contributed by atoms with Crippen molar-refractivity contribution in [3.8, 4) is 0 Å². The van der Waals surface area contributed by atoms with Crippen molar-refractivity contribution >= 4 is 14.7 Å². The molecule has 1 aromatic rings. The first-order valence-corrected chi connectivity index (χ1v) is 5.03. The Kier molecular flexibility index (Phi) is 5.56. The summed E-state index contributed by atoms with van der Waals surface area (Å²) >= 11 is 0. The largest absolute Gasteiger partial charge is 1.00 e. The van der Waals surface area contributed by atoms with E-state index in [9.17, 15) is 0 Å². The summed E-state index contributed by atoms with van der Waals surface area (Å²) in [5.41, 5.74) is 1.60. The monoisotopic (exact) mass is 212 g/mol. The maximum absolute atomic E-state index is 2.22. The average Bonchev–Trinajstić information content (AvgIpc) is 1.88. The third kappa shape index (κ3) is 4.41. The number of rotatable bonds is 2. The molecule has 0 aliphatic rings. The van der Waals surface area contributed by atoms with Crippen LogP contribution in [0.15, 0.2) is 30.3 Å². The van der Waals surface area contributed by atoms with Crippen LogP contribution < -0.4 is 5.19 Å². The first kappa shape index (κ1) is 11.0. The molecule has 0 radical (unpaired) electrons. The molecule has 0 saturated heterocycles. The molecule has 0 heterocycles. The number of benzene rings is 1. The molecule has 0 aliphatic heterocycles. The van der Waals surface area contributed by atoms with Gasteiger partial charge in [-0.3, -0.25) is 0 Å². The smallest absolute Gasteiger partial charge is 0.320 e. The van der Waals surface area contributed by atoms with E-state index >= 15 is 0 Å². The molecule has 0 aromatic heterocycles. The minimum atomic E-state index is -0.0600. The van der Waals surface area contributed by atoms with Crippen LogP contribution in [-0.4, -0.2) is 9.52 Å². The van der Waals surface area contributed by atoms with Gasteiger partial charge < -0.3 is 5.54 Å². The van der Waals surface area contributed by atoms with Gasteiger partial charge in [-0.2, -0.15) is 13.8 Å². The van der Waals surface area contributed by atoms with Gasteiger partial charge in [0.25, 0.3) is 0 Å². The Labute approximate surface area is 81.7 Å². The molecule has 0 amide bonds. The molecular weight excluding hydrogens is 200 g/mol. The van der Waals surface area contributed by atoms with Crippen molar-refractivity contribution in [3.05, 3.63) is 35.9 Å². The third-order valence-corrected chi connectivity index (χ3v) is 2.99. The molecule has 0 spiro atoms. The third-order valence-electron chi connectivity index (χ3n) is 1.40. The topological polar surface area (TPSA) is 0 Å². The summed E-state index contributed by atoms with van der Waals surface area (Å²) < 4.78 is 0. The van der Waals surface area contributed by atoms with E-state index in [0.717, 1.165) is 0 Å². The average molecular weight is 213 g/mol. The van der Waals surface area contributed by atoms with E-state index in [1.807, 2.05) is 0 Å². The van der Waals surface area contributed by atoms with Crippen LogP contribution in [0.1, 0.15) is 13.8 Å². The summed E-state index contributed by atoms with van der Waals surface area (Å²) in [5, 5.41) is 1.54. The van der Waals surface area contributed by atoms with Gasteiger partial charge in [-0.25, -0.2) is 0 Å². The van der Waals surface area contributed by atoms with E-state index in [1.165, 1.54) is 0 Å². The summed E-state index contributed by atoms with van der Waals surface area (Å²) in [5.74, 6) is 0. The van der Waals surface area contributed by atoms with Crippen molar-refractivity contribution in [2.75, 3.05) is 0 Å². The summed E-state index contributed by atoms with van der Waals surface area (Å²) in [6.07, 6.45) is 0. The van der Waals surface area contributed by atoms with E-state index in [-0.39, 0.29) is 26.6 Å². The first-order chi connectivity index (χ1) is 4.79. The van der Waals surface area contributed by atoms with Crippen molar-refractivity contribution in [2.45, 2.75) is 13.8 Å². The number of hydrogen-bond acceptors (Lipinski definition) is 0. The maximum atomic E-state index is 2.22. The first-order valence-electron chi connectivity index (χ1n) is 3.62. The van der Waals surface area contributed by atoms with Crippen LogP contribution >= 0.6 is 0 Å². The molecule has 0 nitrogen and oxygen atoms in total. The molecule has 0 atom stereocenters. The SMILES string of the molecule is C[C-](C)[SiH2]c1ccccc1.[Cu+]. The standard InChI is InChI=1S/C9H13Si.Cu/c1-8(2)10-9-6-4-3-5-7-9;/h3-7H,10H2,1-2H3;/q-1;+1. The molecule has 0 bridgehead atoms. The molecule has 0 fully saturated rings. The van der Waals surface area contributed by atoms with Crippen LogP contribution in [0.4, 0.5) is 0 Å². The zero-order chi connectivity index (χ0) is 7.40. The van der Waals surface area contributed by atoms with Gasteiger partial charge >= 0.3 is 17.1 Å². The van der Waals surface area contributed by atoms with E-state index < -0.39 is 0 Å². The molecule has 2 heteroatoms. The van der Waals surface area contributed by atoms with Crippen molar-refractivity contribution < 1.29 is 17.1 Å². The van der Waals surface area contributed by atoms with Gasteiger partial charge in [-0.1, -0.05) is 45.0 Å². The quantitative estimate of drug-likeness (QED) is 0.508. The second-order valence-corrected chi connectivity index (χ2v) is 5.45. The van der Waals surface area contributed by atoms with Gasteiger partial charge in [0.2, 0.25) is 0 Å². The summed E-state index contributed by atoms with van der Waals surface area (Å²) in [7, 11) is -0.0600. The Hall–Kier alpha value is -0.0436. The summed E-state index contributed by atoms with van der Waals surface area (Å²) in [4.78, 5) is 0. The second-order valence-electron chi connectivity index (χ2n) is 2.87. The van der Waals surface area contributed by atoms with E-state index in [4.69, 9.17) is 0 Å². The summed E-state index contributed by atoms with van der Waals surface area (Å²) in [6, 6.07) is 10.7. The molecule has 1 rings (SSSR count). The predicted octanol–water partition coefficient (Wildman–Crippen LogP) is 1.05. The fourth-order valence-corrected chi connectivity index (χ4v) is 2.33. The fourth-order valence-electron chi connectivity index (χ4n) is 1.00. The molecular formula is C9H13CuSi. The Bertz CT molecular complexity index is 184. The van der Waals surface area contributed by atoms with Crippen LogP contribution in [0.3, 0.4) is 0 Å².